The second kappa shape index (κ2) is 10.0. The van der Waals surface area contributed by atoms with Gasteiger partial charge in [-0.3, -0.25) is 10.1 Å². The molecule has 8 heteroatoms. The first-order valence-corrected chi connectivity index (χ1v) is 9.47. The second-order valence-corrected chi connectivity index (χ2v) is 6.65. The van der Waals surface area contributed by atoms with Crippen LogP contribution in [0.25, 0.3) is 0 Å². The summed E-state index contributed by atoms with van der Waals surface area (Å²) in [5, 5.41) is 13.7. The van der Waals surface area contributed by atoms with E-state index in [9.17, 15) is 19.7 Å². The van der Waals surface area contributed by atoms with Crippen LogP contribution in [0.1, 0.15) is 22.8 Å². The fourth-order valence-electron chi connectivity index (χ4n) is 2.72. The van der Waals surface area contributed by atoms with Gasteiger partial charge in [0, 0.05) is 17.8 Å². The average molecular weight is 420 g/mol. The van der Waals surface area contributed by atoms with Crippen molar-refractivity contribution in [2.24, 2.45) is 0 Å². The molecule has 158 valence electrons. The number of nitro groups is 1. The smallest absolute Gasteiger partial charge is 0.340 e. The normalized spacial score (nSPS) is 11.3. The number of hydrogen-bond acceptors (Lipinski definition) is 7. The predicted octanol–water partition coefficient (Wildman–Crippen LogP) is 4.36. The van der Waals surface area contributed by atoms with E-state index in [1.54, 1.807) is 31.2 Å². The minimum absolute atomic E-state index is 0.103. The van der Waals surface area contributed by atoms with E-state index in [1.165, 1.54) is 24.3 Å². The van der Waals surface area contributed by atoms with Gasteiger partial charge < -0.3 is 14.8 Å². The number of ether oxygens (including phenoxy) is 2. The summed E-state index contributed by atoms with van der Waals surface area (Å²) in [6.45, 7) is 1.71. The molecule has 0 aliphatic heterocycles. The molecule has 3 aromatic rings. The molecule has 0 aliphatic rings. The fraction of sp³-hybridized carbons (Fsp3) is 0.130. The quantitative estimate of drug-likeness (QED) is 0.250. The van der Waals surface area contributed by atoms with E-state index in [0.29, 0.717) is 5.69 Å². The Kier molecular flexibility index (Phi) is 6.95. The van der Waals surface area contributed by atoms with Crippen LogP contribution < -0.4 is 10.1 Å². The number of hydrogen-bond donors (Lipinski definition) is 1. The fourth-order valence-corrected chi connectivity index (χ4v) is 2.72. The second-order valence-electron chi connectivity index (χ2n) is 6.65. The van der Waals surface area contributed by atoms with Gasteiger partial charge in [-0.1, -0.05) is 42.5 Å². The standard InChI is InChI=1S/C23H20N2O6/c1-16(22(26)31-19-13-11-18(12-14-19)25(28)29)24-21-10-6-5-9-20(21)23(27)30-15-17-7-3-2-4-8-17/h2-14,16,24H,15H2,1H3/t16-/m1/s1. The van der Waals surface area contributed by atoms with E-state index in [-0.39, 0.29) is 23.6 Å². The number of non-ortho nitro benzene ring substituents is 1. The number of carbonyl (C=O) groups is 2. The van der Waals surface area contributed by atoms with Crippen molar-refractivity contribution in [2.75, 3.05) is 5.32 Å². The maximum atomic E-state index is 12.5. The van der Waals surface area contributed by atoms with E-state index in [1.807, 2.05) is 30.3 Å². The van der Waals surface area contributed by atoms with Crippen LogP contribution in [0.15, 0.2) is 78.9 Å². The van der Waals surface area contributed by atoms with E-state index in [4.69, 9.17) is 9.47 Å². The Labute approximate surface area is 178 Å². The Bertz CT molecular complexity index is 1070. The third kappa shape index (κ3) is 5.89. The molecule has 3 aromatic carbocycles. The number of carbonyl (C=O) groups excluding carboxylic acids is 2. The van der Waals surface area contributed by atoms with Crippen LogP contribution in [0.3, 0.4) is 0 Å². The van der Waals surface area contributed by atoms with Gasteiger partial charge in [-0.25, -0.2) is 9.59 Å². The zero-order valence-electron chi connectivity index (χ0n) is 16.7. The van der Waals surface area contributed by atoms with Gasteiger partial charge >= 0.3 is 11.9 Å². The summed E-state index contributed by atoms with van der Waals surface area (Å²) < 4.78 is 10.6. The number of rotatable bonds is 8. The highest BCUT2D eigenvalue weighted by Crippen LogP contribution is 2.20. The molecule has 0 saturated heterocycles. The van der Waals surface area contributed by atoms with Crippen molar-refractivity contribution in [3.8, 4) is 5.75 Å². The van der Waals surface area contributed by atoms with Gasteiger partial charge in [0.25, 0.3) is 5.69 Å². The third-order valence-electron chi connectivity index (χ3n) is 4.35. The lowest BCUT2D eigenvalue weighted by Gasteiger charge is -2.17. The van der Waals surface area contributed by atoms with Crippen molar-refractivity contribution in [1.82, 2.24) is 0 Å². The van der Waals surface area contributed by atoms with Gasteiger partial charge in [-0.05, 0) is 36.8 Å². The average Bonchev–Trinajstić information content (AvgIpc) is 2.79. The van der Waals surface area contributed by atoms with Gasteiger partial charge in [0.1, 0.15) is 18.4 Å². The van der Waals surface area contributed by atoms with Crippen LogP contribution in [-0.4, -0.2) is 22.9 Å². The van der Waals surface area contributed by atoms with Crippen molar-refractivity contribution < 1.29 is 24.0 Å². The summed E-state index contributed by atoms with van der Waals surface area (Å²) in [4.78, 5) is 35.1. The first kappa shape index (κ1) is 21.5. The first-order chi connectivity index (χ1) is 14.9. The number of benzene rings is 3. The molecule has 0 saturated carbocycles. The number of nitrogens with zero attached hydrogens (tertiary/aromatic N) is 1. The molecule has 3 rings (SSSR count). The van der Waals surface area contributed by atoms with Gasteiger partial charge in [0.05, 0.1) is 10.5 Å². The maximum absolute atomic E-state index is 12.5. The predicted molar refractivity (Wildman–Crippen MR) is 114 cm³/mol. The van der Waals surface area contributed by atoms with E-state index >= 15 is 0 Å². The molecular weight excluding hydrogens is 400 g/mol. The van der Waals surface area contributed by atoms with E-state index in [2.05, 4.69) is 5.32 Å². The Hall–Kier alpha value is -4.20. The molecule has 0 heterocycles. The van der Waals surface area contributed by atoms with Crippen LogP contribution in [0.4, 0.5) is 11.4 Å². The Morgan fingerprint density at radius 3 is 2.29 bits per heavy atom. The monoisotopic (exact) mass is 420 g/mol. The topological polar surface area (TPSA) is 108 Å². The summed E-state index contributed by atoms with van der Waals surface area (Å²) in [6, 6.07) is 20.4. The first-order valence-electron chi connectivity index (χ1n) is 9.47. The summed E-state index contributed by atoms with van der Waals surface area (Å²) in [6.07, 6.45) is 0. The van der Waals surface area contributed by atoms with Crippen molar-refractivity contribution in [2.45, 2.75) is 19.6 Å². The highest BCUT2D eigenvalue weighted by Gasteiger charge is 2.20. The summed E-state index contributed by atoms with van der Waals surface area (Å²) in [7, 11) is 0. The molecule has 31 heavy (non-hydrogen) atoms. The van der Waals surface area contributed by atoms with Crippen LogP contribution in [-0.2, 0) is 16.1 Å². The van der Waals surface area contributed by atoms with Crippen molar-refractivity contribution in [1.29, 1.82) is 0 Å². The van der Waals surface area contributed by atoms with Crippen LogP contribution in [0.2, 0.25) is 0 Å². The van der Waals surface area contributed by atoms with Crippen LogP contribution >= 0.6 is 0 Å². The molecule has 1 atom stereocenters. The lowest BCUT2D eigenvalue weighted by atomic mass is 10.1. The summed E-state index contributed by atoms with van der Waals surface area (Å²) >= 11 is 0. The maximum Gasteiger partial charge on any atom is 0.340 e. The Morgan fingerprint density at radius 1 is 0.968 bits per heavy atom. The van der Waals surface area contributed by atoms with Gasteiger partial charge in [0.15, 0.2) is 0 Å². The molecule has 0 aromatic heterocycles. The molecular formula is C23H20N2O6. The van der Waals surface area contributed by atoms with Gasteiger partial charge in [0.2, 0.25) is 0 Å². The molecule has 0 radical (unpaired) electrons. The van der Waals surface area contributed by atoms with E-state index < -0.39 is 22.9 Å². The largest absolute Gasteiger partial charge is 0.457 e. The van der Waals surface area contributed by atoms with Crippen molar-refractivity contribution in [3.05, 3.63) is 100 Å². The Balaban J connectivity index is 1.63. The van der Waals surface area contributed by atoms with Crippen molar-refractivity contribution >= 4 is 23.3 Å². The lowest BCUT2D eigenvalue weighted by molar-refractivity contribution is -0.384. The van der Waals surface area contributed by atoms with Gasteiger partial charge in [-0.15, -0.1) is 0 Å². The minimum Gasteiger partial charge on any atom is -0.457 e. The highest BCUT2D eigenvalue weighted by molar-refractivity contribution is 5.96. The van der Waals surface area contributed by atoms with Crippen LogP contribution in [0, 0.1) is 10.1 Å². The molecule has 0 amide bonds. The number of nitrogens with one attached hydrogen (secondary N) is 1. The SMILES string of the molecule is C[C@@H](Nc1ccccc1C(=O)OCc1ccccc1)C(=O)Oc1ccc([N+](=O)[O-])cc1. The number of esters is 2. The molecule has 1 N–H and O–H groups in total. The number of anilines is 1. The lowest BCUT2D eigenvalue weighted by Crippen LogP contribution is -2.31. The van der Waals surface area contributed by atoms with E-state index in [0.717, 1.165) is 5.56 Å². The van der Waals surface area contributed by atoms with Crippen LogP contribution in [0.5, 0.6) is 5.75 Å². The van der Waals surface area contributed by atoms with Crippen molar-refractivity contribution in [3.63, 3.8) is 0 Å². The molecule has 0 fully saturated rings. The zero-order chi connectivity index (χ0) is 22.2. The third-order valence-corrected chi connectivity index (χ3v) is 4.35. The summed E-state index contributed by atoms with van der Waals surface area (Å²) in [5.74, 6) is -0.955. The summed E-state index contributed by atoms with van der Waals surface area (Å²) in [5.41, 5.74) is 1.47. The zero-order valence-corrected chi connectivity index (χ0v) is 16.7. The minimum atomic E-state index is -0.793. The number of para-hydroxylation sites is 1. The molecule has 8 nitrogen and oxygen atoms in total. The molecule has 0 bridgehead atoms. The molecule has 0 aliphatic carbocycles. The van der Waals surface area contributed by atoms with Gasteiger partial charge in [-0.2, -0.15) is 0 Å². The number of nitro benzene ring substituents is 1. The highest BCUT2D eigenvalue weighted by atomic mass is 16.6. The molecule has 0 unspecified atom stereocenters. The molecule has 0 spiro atoms. The Morgan fingerprint density at radius 2 is 1.61 bits per heavy atom.